The highest BCUT2D eigenvalue weighted by molar-refractivity contribution is 6.03. The van der Waals surface area contributed by atoms with Gasteiger partial charge in [0.25, 0.3) is 5.91 Å². The number of carboxylic acids is 1. The van der Waals surface area contributed by atoms with Crippen molar-refractivity contribution in [1.82, 2.24) is 10.1 Å². The van der Waals surface area contributed by atoms with E-state index in [0.717, 1.165) is 28.8 Å². The molecule has 0 spiro atoms. The van der Waals surface area contributed by atoms with Crippen molar-refractivity contribution in [3.05, 3.63) is 107 Å². The molecular weight excluding hydrogens is 562 g/mol. The number of nitrogens with one attached hydrogen (secondary N) is 2. The standard InChI is InChI=1S/C33H31N5O6/c1-20-16-28(36-44-20)31(40)37-18-26(27(19-37)32(41)42)22-8-12-24(13-9-22)34-30(39)17-21-6-10-25(11-7-21)35-33(43)38-15-14-23-4-2-3-5-29(23)38/h2-13,16,26-27H,14-15,17-19H2,1H3,(H,34,39)(H,35,43)(H,41,42). The second-order valence-corrected chi connectivity index (χ2v) is 11.1. The molecule has 0 aliphatic carbocycles. The van der Waals surface area contributed by atoms with E-state index in [1.807, 2.05) is 24.3 Å². The van der Waals surface area contributed by atoms with Gasteiger partial charge in [0.15, 0.2) is 5.69 Å². The molecule has 44 heavy (non-hydrogen) atoms. The molecule has 2 unspecified atom stereocenters. The normalized spacial score (nSPS) is 17.3. The smallest absolute Gasteiger partial charge is 0.326 e. The number of fused-ring (bicyclic) bond motifs is 1. The van der Waals surface area contributed by atoms with Crippen LogP contribution in [0.2, 0.25) is 0 Å². The van der Waals surface area contributed by atoms with Crippen LogP contribution in [0.25, 0.3) is 0 Å². The number of likely N-dealkylation sites (tertiary alicyclic amines) is 1. The number of carbonyl (C=O) groups is 4. The highest BCUT2D eigenvalue weighted by Gasteiger charge is 2.41. The van der Waals surface area contributed by atoms with E-state index in [4.69, 9.17) is 4.52 Å². The number of anilines is 3. The molecule has 6 rings (SSSR count). The predicted octanol–water partition coefficient (Wildman–Crippen LogP) is 4.70. The fourth-order valence-electron chi connectivity index (χ4n) is 5.84. The molecule has 0 bridgehead atoms. The highest BCUT2D eigenvalue weighted by atomic mass is 16.5. The number of carbonyl (C=O) groups excluding carboxylic acids is 3. The molecule has 224 valence electrons. The molecule has 2 aliphatic heterocycles. The third-order valence-corrected chi connectivity index (χ3v) is 8.10. The van der Waals surface area contributed by atoms with E-state index in [1.165, 1.54) is 11.0 Å². The number of amides is 4. The van der Waals surface area contributed by atoms with Crippen LogP contribution in [0.1, 0.15) is 38.9 Å². The van der Waals surface area contributed by atoms with Crippen LogP contribution in [0.15, 0.2) is 83.4 Å². The Labute approximate surface area is 253 Å². The minimum Gasteiger partial charge on any atom is -0.481 e. The molecule has 1 fully saturated rings. The SMILES string of the molecule is Cc1cc(C(=O)N2CC(C(=O)O)C(c3ccc(NC(=O)Cc4ccc(NC(=O)N5CCc6ccccc65)cc4)cc3)C2)no1. The Bertz CT molecular complexity index is 1720. The number of carboxylic acid groups (broad SMARTS) is 1. The molecule has 1 saturated heterocycles. The zero-order valence-electron chi connectivity index (χ0n) is 24.0. The highest BCUT2D eigenvalue weighted by Crippen LogP contribution is 2.34. The molecule has 2 aliphatic rings. The van der Waals surface area contributed by atoms with E-state index in [-0.39, 0.29) is 43.0 Å². The van der Waals surface area contributed by atoms with Crippen LogP contribution >= 0.6 is 0 Å². The Hall–Kier alpha value is -5.45. The average Bonchev–Trinajstić information content (AvgIpc) is 3.77. The fraction of sp³-hybridized carbons (Fsp3) is 0.242. The summed E-state index contributed by atoms with van der Waals surface area (Å²) in [5.74, 6) is -2.24. The summed E-state index contributed by atoms with van der Waals surface area (Å²) in [4.78, 5) is 53.6. The van der Waals surface area contributed by atoms with E-state index in [1.54, 1.807) is 60.4 Å². The van der Waals surface area contributed by atoms with Crippen molar-refractivity contribution in [3.8, 4) is 0 Å². The summed E-state index contributed by atoms with van der Waals surface area (Å²) < 4.78 is 4.99. The Kier molecular flexibility index (Phi) is 7.84. The number of para-hydroxylation sites is 1. The fourth-order valence-corrected chi connectivity index (χ4v) is 5.84. The third kappa shape index (κ3) is 6.03. The summed E-state index contributed by atoms with van der Waals surface area (Å²) >= 11 is 0. The maximum atomic E-state index is 12.8. The number of hydrogen-bond donors (Lipinski definition) is 3. The summed E-state index contributed by atoms with van der Waals surface area (Å²) in [6.07, 6.45) is 0.964. The first-order valence-electron chi connectivity index (χ1n) is 14.4. The molecule has 1 aromatic heterocycles. The number of aliphatic carboxylic acids is 1. The van der Waals surface area contributed by atoms with Crippen LogP contribution < -0.4 is 15.5 Å². The number of aryl methyl sites for hydroxylation is 1. The van der Waals surface area contributed by atoms with Gasteiger partial charge >= 0.3 is 12.0 Å². The molecule has 3 aromatic carbocycles. The summed E-state index contributed by atoms with van der Waals surface area (Å²) in [5.41, 5.74) is 4.98. The number of rotatable bonds is 7. The molecule has 3 N–H and O–H groups in total. The van der Waals surface area contributed by atoms with Crippen LogP contribution in [0, 0.1) is 12.8 Å². The van der Waals surface area contributed by atoms with E-state index in [9.17, 15) is 24.3 Å². The molecule has 0 saturated carbocycles. The van der Waals surface area contributed by atoms with Gasteiger partial charge in [0.1, 0.15) is 5.76 Å². The summed E-state index contributed by atoms with van der Waals surface area (Å²) in [7, 11) is 0. The molecule has 11 heteroatoms. The summed E-state index contributed by atoms with van der Waals surface area (Å²) in [5, 5.41) is 19.4. The van der Waals surface area contributed by atoms with Gasteiger partial charge in [-0.2, -0.15) is 0 Å². The van der Waals surface area contributed by atoms with Crippen molar-refractivity contribution in [2.75, 3.05) is 35.2 Å². The lowest BCUT2D eigenvalue weighted by atomic mass is 9.89. The molecule has 11 nitrogen and oxygen atoms in total. The predicted molar refractivity (Wildman–Crippen MR) is 163 cm³/mol. The first-order chi connectivity index (χ1) is 21.2. The van der Waals surface area contributed by atoms with Crippen molar-refractivity contribution in [3.63, 3.8) is 0 Å². The maximum Gasteiger partial charge on any atom is 0.326 e. The van der Waals surface area contributed by atoms with Crippen molar-refractivity contribution in [2.45, 2.75) is 25.7 Å². The quantitative estimate of drug-likeness (QED) is 0.282. The number of urea groups is 1. The van der Waals surface area contributed by atoms with Crippen molar-refractivity contribution >= 4 is 40.9 Å². The Morgan fingerprint density at radius 1 is 0.932 bits per heavy atom. The van der Waals surface area contributed by atoms with E-state index in [2.05, 4.69) is 15.8 Å². The van der Waals surface area contributed by atoms with Gasteiger partial charge in [0, 0.05) is 48.7 Å². The molecule has 4 amide bonds. The van der Waals surface area contributed by atoms with E-state index < -0.39 is 17.8 Å². The number of nitrogens with zero attached hydrogens (tertiary/aromatic N) is 3. The lowest BCUT2D eigenvalue weighted by molar-refractivity contribution is -0.141. The minimum atomic E-state index is -0.981. The van der Waals surface area contributed by atoms with Crippen molar-refractivity contribution < 1.29 is 28.8 Å². The molecule has 4 aromatic rings. The van der Waals surface area contributed by atoms with Gasteiger partial charge in [-0.1, -0.05) is 47.6 Å². The first kappa shape index (κ1) is 28.7. The Morgan fingerprint density at radius 3 is 2.34 bits per heavy atom. The van der Waals surface area contributed by atoms with Crippen LogP contribution in [0.4, 0.5) is 21.9 Å². The van der Waals surface area contributed by atoms with Gasteiger partial charge in [-0.25, -0.2) is 4.79 Å². The zero-order valence-corrected chi connectivity index (χ0v) is 24.0. The summed E-state index contributed by atoms with van der Waals surface area (Å²) in [6, 6.07) is 23.4. The molecule has 2 atom stereocenters. The largest absolute Gasteiger partial charge is 0.481 e. The number of hydrogen-bond acceptors (Lipinski definition) is 6. The van der Waals surface area contributed by atoms with Gasteiger partial charge in [-0.15, -0.1) is 0 Å². The molecule has 3 heterocycles. The van der Waals surface area contributed by atoms with Gasteiger partial charge in [-0.05, 0) is 60.4 Å². The maximum absolute atomic E-state index is 12.8. The second-order valence-electron chi connectivity index (χ2n) is 11.1. The molecular formula is C33H31N5O6. The van der Waals surface area contributed by atoms with E-state index >= 15 is 0 Å². The first-order valence-corrected chi connectivity index (χ1v) is 14.4. The second kappa shape index (κ2) is 12.0. The van der Waals surface area contributed by atoms with Crippen LogP contribution in [-0.2, 0) is 22.4 Å². The Balaban J connectivity index is 1.03. The topological polar surface area (TPSA) is 145 Å². The number of benzene rings is 3. The molecule has 0 radical (unpaired) electrons. The zero-order chi connectivity index (χ0) is 30.8. The number of aromatic nitrogens is 1. The minimum absolute atomic E-state index is 0.0674. The van der Waals surface area contributed by atoms with Gasteiger partial charge in [0.2, 0.25) is 5.91 Å². The van der Waals surface area contributed by atoms with Crippen molar-refractivity contribution in [1.29, 1.82) is 0 Å². The third-order valence-electron chi connectivity index (χ3n) is 8.10. The van der Waals surface area contributed by atoms with Crippen LogP contribution in [-0.4, -0.2) is 58.6 Å². The van der Waals surface area contributed by atoms with Crippen molar-refractivity contribution in [2.24, 2.45) is 5.92 Å². The Morgan fingerprint density at radius 2 is 1.64 bits per heavy atom. The lowest BCUT2D eigenvalue weighted by Crippen LogP contribution is -2.33. The van der Waals surface area contributed by atoms with Gasteiger partial charge in [0.05, 0.1) is 12.3 Å². The van der Waals surface area contributed by atoms with E-state index in [0.29, 0.717) is 23.7 Å². The summed E-state index contributed by atoms with van der Waals surface area (Å²) in [6.45, 7) is 2.61. The van der Waals surface area contributed by atoms with Crippen LogP contribution in [0.3, 0.4) is 0 Å². The van der Waals surface area contributed by atoms with Crippen LogP contribution in [0.5, 0.6) is 0 Å². The average molecular weight is 594 g/mol. The van der Waals surface area contributed by atoms with Gasteiger partial charge in [-0.3, -0.25) is 19.3 Å². The lowest BCUT2D eigenvalue weighted by Gasteiger charge is -2.18. The van der Waals surface area contributed by atoms with Gasteiger partial charge < -0.3 is 25.2 Å². The monoisotopic (exact) mass is 593 g/mol.